The van der Waals surface area contributed by atoms with Crippen LogP contribution in [0.25, 0.3) is 22.9 Å². The Hall–Kier alpha value is -3.83. The van der Waals surface area contributed by atoms with E-state index in [9.17, 15) is 18.0 Å². The fourth-order valence-electron chi connectivity index (χ4n) is 2.48. The van der Waals surface area contributed by atoms with Gasteiger partial charge < -0.3 is 23.4 Å². The van der Waals surface area contributed by atoms with Crippen molar-refractivity contribution in [3.8, 4) is 45.9 Å². The number of esters is 1. The van der Waals surface area contributed by atoms with Crippen LogP contribution >= 0.6 is 0 Å². The van der Waals surface area contributed by atoms with Gasteiger partial charge in [0.2, 0.25) is 17.4 Å². The van der Waals surface area contributed by atoms with Gasteiger partial charge in [0, 0.05) is 18.5 Å². The van der Waals surface area contributed by atoms with Gasteiger partial charge in [-0.3, -0.25) is 4.98 Å². The van der Waals surface area contributed by atoms with Crippen molar-refractivity contribution in [2.24, 2.45) is 0 Å². The Bertz CT molecular complexity index is 1050. The van der Waals surface area contributed by atoms with Gasteiger partial charge >= 0.3 is 12.1 Å². The number of carbonyl (C=O) groups is 1. The molecule has 0 atom stereocenters. The first kappa shape index (κ1) is 20.9. The molecule has 0 saturated carbocycles. The van der Waals surface area contributed by atoms with Gasteiger partial charge in [0.15, 0.2) is 11.5 Å². The standard InChI is InChI=1S/C18H14F3N3O6/c1-26-11-7-10(16-24-23-15(30-16)9-5-4-6-22-8-9)12(14(28-3)13(11)27-2)29-17(25)18(19,20)21/h4-8H,1-3H3. The van der Waals surface area contributed by atoms with Crippen molar-refractivity contribution in [3.63, 3.8) is 0 Å². The van der Waals surface area contributed by atoms with Crippen molar-refractivity contribution in [2.75, 3.05) is 21.3 Å². The molecule has 158 valence electrons. The molecule has 0 bridgehead atoms. The highest BCUT2D eigenvalue weighted by molar-refractivity contribution is 5.84. The molecule has 0 radical (unpaired) electrons. The van der Waals surface area contributed by atoms with Crippen LogP contribution in [0.15, 0.2) is 35.0 Å². The third-order valence-electron chi connectivity index (χ3n) is 3.77. The summed E-state index contributed by atoms with van der Waals surface area (Å²) in [5.41, 5.74) is 0.294. The Labute approximate surface area is 167 Å². The lowest BCUT2D eigenvalue weighted by Crippen LogP contribution is -2.28. The minimum absolute atomic E-state index is 0.0416. The number of carbonyl (C=O) groups excluding carboxylic acids is 1. The third kappa shape index (κ3) is 3.97. The second-order valence-corrected chi connectivity index (χ2v) is 5.56. The molecule has 0 aliphatic heterocycles. The van der Waals surface area contributed by atoms with Crippen LogP contribution in [0.5, 0.6) is 23.0 Å². The predicted molar refractivity (Wildman–Crippen MR) is 94.3 cm³/mol. The molecule has 3 rings (SSSR count). The number of alkyl halides is 3. The lowest BCUT2D eigenvalue weighted by Gasteiger charge is -2.18. The highest BCUT2D eigenvalue weighted by Crippen LogP contribution is 2.50. The number of halogens is 3. The normalized spacial score (nSPS) is 11.1. The smallest absolute Gasteiger partial charge is 0.491 e. The first-order chi connectivity index (χ1) is 14.3. The first-order valence-electron chi connectivity index (χ1n) is 8.16. The molecular formula is C18H14F3N3O6. The molecule has 0 N–H and O–H groups in total. The van der Waals surface area contributed by atoms with Crippen LogP contribution in [-0.2, 0) is 4.79 Å². The number of pyridine rings is 1. The van der Waals surface area contributed by atoms with Crippen LogP contribution < -0.4 is 18.9 Å². The molecule has 3 aromatic rings. The van der Waals surface area contributed by atoms with Crippen molar-refractivity contribution >= 4 is 5.97 Å². The molecule has 2 aromatic heterocycles. The van der Waals surface area contributed by atoms with E-state index in [4.69, 9.17) is 18.6 Å². The number of rotatable bonds is 6. The van der Waals surface area contributed by atoms with Gasteiger partial charge in [0.25, 0.3) is 5.89 Å². The number of aromatic nitrogens is 3. The van der Waals surface area contributed by atoms with Crippen molar-refractivity contribution in [2.45, 2.75) is 6.18 Å². The van der Waals surface area contributed by atoms with Crippen LogP contribution in [-0.4, -0.2) is 48.7 Å². The largest absolute Gasteiger partial charge is 0.493 e. The molecular weight excluding hydrogens is 411 g/mol. The van der Waals surface area contributed by atoms with E-state index in [1.165, 1.54) is 32.7 Å². The van der Waals surface area contributed by atoms with Crippen molar-refractivity contribution in [1.29, 1.82) is 0 Å². The fourth-order valence-corrected chi connectivity index (χ4v) is 2.48. The van der Waals surface area contributed by atoms with Crippen LogP contribution in [0.4, 0.5) is 13.2 Å². The fraction of sp³-hybridized carbons (Fsp3) is 0.222. The summed E-state index contributed by atoms with van der Waals surface area (Å²) in [5.74, 6) is -3.67. The summed E-state index contributed by atoms with van der Waals surface area (Å²) in [6, 6.07) is 4.50. The highest BCUT2D eigenvalue weighted by Gasteiger charge is 2.43. The molecule has 9 nitrogen and oxygen atoms in total. The number of benzene rings is 1. The molecule has 0 saturated heterocycles. The molecule has 0 aliphatic carbocycles. The van der Waals surface area contributed by atoms with E-state index in [2.05, 4.69) is 19.9 Å². The van der Waals surface area contributed by atoms with Crippen molar-refractivity contribution in [1.82, 2.24) is 15.2 Å². The van der Waals surface area contributed by atoms with Crippen molar-refractivity contribution < 1.29 is 41.3 Å². The summed E-state index contributed by atoms with van der Waals surface area (Å²) in [6.07, 6.45) is -2.27. The minimum atomic E-state index is -5.26. The number of hydrogen-bond acceptors (Lipinski definition) is 9. The van der Waals surface area contributed by atoms with E-state index in [0.29, 0.717) is 5.56 Å². The average Bonchev–Trinajstić information content (AvgIpc) is 3.23. The van der Waals surface area contributed by atoms with E-state index in [1.807, 2.05) is 0 Å². The molecule has 0 fully saturated rings. The van der Waals surface area contributed by atoms with Gasteiger partial charge in [-0.25, -0.2) is 4.79 Å². The molecule has 0 unspecified atom stereocenters. The van der Waals surface area contributed by atoms with Crippen LogP contribution in [0, 0.1) is 0 Å². The minimum Gasteiger partial charge on any atom is -0.493 e. The number of methoxy groups -OCH3 is 3. The molecule has 0 amide bonds. The number of ether oxygens (including phenoxy) is 4. The molecule has 12 heteroatoms. The Morgan fingerprint density at radius 1 is 1.00 bits per heavy atom. The Morgan fingerprint density at radius 2 is 1.70 bits per heavy atom. The van der Waals surface area contributed by atoms with Gasteiger partial charge in [-0.15, -0.1) is 10.2 Å². The monoisotopic (exact) mass is 425 g/mol. The maximum absolute atomic E-state index is 12.8. The van der Waals surface area contributed by atoms with Crippen molar-refractivity contribution in [3.05, 3.63) is 30.6 Å². The molecule has 1 aromatic carbocycles. The number of nitrogens with zero attached hydrogens (tertiary/aromatic N) is 3. The zero-order chi connectivity index (χ0) is 21.9. The maximum Gasteiger partial charge on any atom is 0.491 e. The Balaban J connectivity index is 2.19. The van der Waals surface area contributed by atoms with E-state index in [-0.39, 0.29) is 34.6 Å². The van der Waals surface area contributed by atoms with E-state index < -0.39 is 17.9 Å². The Kier molecular flexibility index (Phi) is 5.76. The maximum atomic E-state index is 12.8. The third-order valence-corrected chi connectivity index (χ3v) is 3.77. The summed E-state index contributed by atoms with van der Waals surface area (Å²) in [7, 11) is 3.70. The summed E-state index contributed by atoms with van der Waals surface area (Å²) in [5, 5.41) is 7.68. The highest BCUT2D eigenvalue weighted by atomic mass is 19.4. The van der Waals surface area contributed by atoms with Gasteiger partial charge in [0.1, 0.15) is 0 Å². The second-order valence-electron chi connectivity index (χ2n) is 5.56. The lowest BCUT2D eigenvalue weighted by atomic mass is 10.1. The average molecular weight is 425 g/mol. The second kappa shape index (κ2) is 8.27. The summed E-state index contributed by atoms with van der Waals surface area (Å²) >= 11 is 0. The van der Waals surface area contributed by atoms with Gasteiger partial charge in [0.05, 0.1) is 32.5 Å². The number of hydrogen-bond donors (Lipinski definition) is 0. The molecule has 0 spiro atoms. The van der Waals surface area contributed by atoms with Crippen LogP contribution in [0.2, 0.25) is 0 Å². The Morgan fingerprint density at radius 3 is 2.27 bits per heavy atom. The van der Waals surface area contributed by atoms with Gasteiger partial charge in [-0.05, 0) is 12.1 Å². The summed E-state index contributed by atoms with van der Waals surface area (Å²) in [4.78, 5) is 15.4. The molecule has 0 aliphatic rings. The SMILES string of the molecule is COc1cc(-c2nnc(-c3cccnc3)o2)c(OC(=O)C(F)(F)F)c(OC)c1OC. The summed E-state index contributed by atoms with van der Waals surface area (Å²) < 4.78 is 64.1. The lowest BCUT2D eigenvalue weighted by molar-refractivity contribution is -0.189. The van der Waals surface area contributed by atoms with Gasteiger partial charge in [-0.1, -0.05) is 0 Å². The molecule has 30 heavy (non-hydrogen) atoms. The van der Waals surface area contributed by atoms with Gasteiger partial charge in [-0.2, -0.15) is 13.2 Å². The molecule has 2 heterocycles. The van der Waals surface area contributed by atoms with Crippen LogP contribution in [0.3, 0.4) is 0 Å². The quantitative estimate of drug-likeness (QED) is 0.434. The topological polar surface area (TPSA) is 106 Å². The van der Waals surface area contributed by atoms with E-state index in [0.717, 1.165) is 7.11 Å². The van der Waals surface area contributed by atoms with E-state index >= 15 is 0 Å². The summed E-state index contributed by atoms with van der Waals surface area (Å²) in [6.45, 7) is 0. The predicted octanol–water partition coefficient (Wildman–Crippen LogP) is 3.29. The zero-order valence-corrected chi connectivity index (χ0v) is 15.8. The van der Waals surface area contributed by atoms with Crippen LogP contribution in [0.1, 0.15) is 0 Å². The zero-order valence-electron chi connectivity index (χ0n) is 15.8. The van der Waals surface area contributed by atoms with E-state index in [1.54, 1.807) is 12.1 Å². The first-order valence-corrected chi connectivity index (χ1v) is 8.16.